The van der Waals surface area contributed by atoms with Gasteiger partial charge in [0.1, 0.15) is 5.56 Å². The van der Waals surface area contributed by atoms with Crippen molar-refractivity contribution < 1.29 is 19.2 Å². The lowest BCUT2D eigenvalue weighted by molar-refractivity contribution is -0.385. The van der Waals surface area contributed by atoms with Crippen molar-refractivity contribution in [2.75, 3.05) is 23.5 Å². The fourth-order valence-corrected chi connectivity index (χ4v) is 3.44. The van der Waals surface area contributed by atoms with Gasteiger partial charge in [0.05, 0.1) is 16.7 Å². The summed E-state index contributed by atoms with van der Waals surface area (Å²) in [5.74, 6) is -0.418. The number of aromatic carboxylic acids is 1. The standard InChI is InChI=1S/C12H13FN2O4S/c1-14(7-2-3-20-6-7)11-4-8(12(16)17)10(15(18)19)5-9(11)13/h4-5,7H,2-3,6H2,1H3,(H,16,17). The van der Waals surface area contributed by atoms with Crippen LogP contribution < -0.4 is 4.90 Å². The number of halogens is 1. The van der Waals surface area contributed by atoms with Crippen LogP contribution in [0.2, 0.25) is 0 Å². The first kappa shape index (κ1) is 14.6. The molecule has 1 saturated heterocycles. The van der Waals surface area contributed by atoms with E-state index in [-0.39, 0.29) is 11.7 Å². The minimum Gasteiger partial charge on any atom is -0.477 e. The summed E-state index contributed by atoms with van der Waals surface area (Å²) in [7, 11) is 1.67. The molecular weight excluding hydrogens is 287 g/mol. The molecule has 1 heterocycles. The third kappa shape index (κ3) is 2.69. The van der Waals surface area contributed by atoms with Crippen LogP contribution in [0.5, 0.6) is 0 Å². The number of rotatable bonds is 4. The van der Waals surface area contributed by atoms with E-state index in [1.54, 1.807) is 23.7 Å². The zero-order valence-corrected chi connectivity index (χ0v) is 11.5. The predicted molar refractivity (Wildman–Crippen MR) is 74.1 cm³/mol. The van der Waals surface area contributed by atoms with Crippen LogP contribution in [0.25, 0.3) is 0 Å². The Labute approximate surface area is 118 Å². The molecule has 1 atom stereocenters. The highest BCUT2D eigenvalue weighted by atomic mass is 32.2. The molecule has 6 nitrogen and oxygen atoms in total. The van der Waals surface area contributed by atoms with E-state index in [1.165, 1.54) is 0 Å². The molecule has 2 rings (SSSR count). The summed E-state index contributed by atoms with van der Waals surface area (Å²) in [6.07, 6.45) is 0.875. The number of benzene rings is 1. The molecule has 0 saturated carbocycles. The third-order valence-corrected chi connectivity index (χ3v) is 4.47. The predicted octanol–water partition coefficient (Wildman–Crippen LogP) is 2.37. The molecule has 108 valence electrons. The lowest BCUT2D eigenvalue weighted by Crippen LogP contribution is -2.32. The molecule has 0 bridgehead atoms. The van der Waals surface area contributed by atoms with Crippen molar-refractivity contribution in [2.24, 2.45) is 0 Å². The van der Waals surface area contributed by atoms with Gasteiger partial charge in [0.15, 0.2) is 5.82 Å². The van der Waals surface area contributed by atoms with Crippen LogP contribution in [0.15, 0.2) is 12.1 Å². The number of carboxylic acid groups (broad SMARTS) is 1. The van der Waals surface area contributed by atoms with Gasteiger partial charge in [-0.05, 0) is 18.2 Å². The van der Waals surface area contributed by atoms with Crippen molar-refractivity contribution in [1.82, 2.24) is 0 Å². The van der Waals surface area contributed by atoms with Crippen molar-refractivity contribution in [3.63, 3.8) is 0 Å². The van der Waals surface area contributed by atoms with Gasteiger partial charge in [-0.1, -0.05) is 0 Å². The smallest absolute Gasteiger partial charge is 0.342 e. The van der Waals surface area contributed by atoms with Crippen LogP contribution in [0.4, 0.5) is 15.8 Å². The van der Waals surface area contributed by atoms with E-state index in [4.69, 9.17) is 5.11 Å². The Morgan fingerprint density at radius 2 is 2.30 bits per heavy atom. The van der Waals surface area contributed by atoms with Crippen molar-refractivity contribution in [3.8, 4) is 0 Å². The average molecular weight is 300 g/mol. The zero-order chi connectivity index (χ0) is 14.9. The monoisotopic (exact) mass is 300 g/mol. The maximum atomic E-state index is 14.0. The summed E-state index contributed by atoms with van der Waals surface area (Å²) in [5, 5.41) is 19.8. The maximum absolute atomic E-state index is 14.0. The molecule has 20 heavy (non-hydrogen) atoms. The zero-order valence-electron chi connectivity index (χ0n) is 10.7. The van der Waals surface area contributed by atoms with Crippen LogP contribution in [0, 0.1) is 15.9 Å². The van der Waals surface area contributed by atoms with E-state index in [0.717, 1.165) is 24.0 Å². The summed E-state index contributed by atoms with van der Waals surface area (Å²) in [6.45, 7) is 0. The highest BCUT2D eigenvalue weighted by Crippen LogP contribution is 2.32. The second-order valence-corrected chi connectivity index (χ2v) is 5.66. The van der Waals surface area contributed by atoms with Crippen molar-refractivity contribution in [1.29, 1.82) is 0 Å². The summed E-state index contributed by atoms with van der Waals surface area (Å²) >= 11 is 1.74. The van der Waals surface area contributed by atoms with Crippen molar-refractivity contribution in [3.05, 3.63) is 33.6 Å². The first-order chi connectivity index (χ1) is 9.41. The first-order valence-electron chi connectivity index (χ1n) is 5.93. The minimum absolute atomic E-state index is 0.0838. The molecule has 8 heteroatoms. The number of carbonyl (C=O) groups is 1. The molecular formula is C12H13FN2O4S. The Balaban J connectivity index is 2.45. The van der Waals surface area contributed by atoms with Crippen LogP contribution in [-0.4, -0.2) is 40.6 Å². The fourth-order valence-electron chi connectivity index (χ4n) is 2.17. The number of nitro groups is 1. The average Bonchev–Trinajstić information content (AvgIpc) is 2.90. The summed E-state index contributed by atoms with van der Waals surface area (Å²) < 4.78 is 14.0. The molecule has 1 aromatic carbocycles. The Hall–Kier alpha value is -1.83. The molecule has 1 aliphatic rings. The van der Waals surface area contributed by atoms with E-state index in [0.29, 0.717) is 6.07 Å². The second kappa shape index (κ2) is 5.66. The summed E-state index contributed by atoms with van der Waals surface area (Å²) in [5.41, 5.74) is -1.14. The van der Waals surface area contributed by atoms with Gasteiger partial charge in [-0.25, -0.2) is 9.18 Å². The van der Waals surface area contributed by atoms with Gasteiger partial charge in [-0.2, -0.15) is 11.8 Å². The minimum atomic E-state index is -1.44. The van der Waals surface area contributed by atoms with E-state index >= 15 is 0 Å². The van der Waals surface area contributed by atoms with Crippen LogP contribution in [0.1, 0.15) is 16.8 Å². The molecule has 0 aliphatic carbocycles. The highest BCUT2D eigenvalue weighted by Gasteiger charge is 2.27. The molecule has 1 N–H and O–H groups in total. The van der Waals surface area contributed by atoms with E-state index in [9.17, 15) is 19.3 Å². The molecule has 1 unspecified atom stereocenters. The van der Waals surface area contributed by atoms with E-state index < -0.39 is 28.0 Å². The van der Waals surface area contributed by atoms with Crippen LogP contribution >= 0.6 is 11.8 Å². The van der Waals surface area contributed by atoms with Gasteiger partial charge >= 0.3 is 5.97 Å². The Morgan fingerprint density at radius 3 is 2.80 bits per heavy atom. The summed E-state index contributed by atoms with van der Waals surface area (Å²) in [4.78, 5) is 22.6. The number of hydrogen-bond donors (Lipinski definition) is 1. The van der Waals surface area contributed by atoms with Gasteiger partial charge in [-0.15, -0.1) is 0 Å². The number of thioether (sulfide) groups is 1. The number of nitro benzene ring substituents is 1. The summed E-state index contributed by atoms with van der Waals surface area (Å²) in [6, 6.07) is 1.83. The molecule has 0 aromatic heterocycles. The van der Waals surface area contributed by atoms with Crippen LogP contribution in [0.3, 0.4) is 0 Å². The maximum Gasteiger partial charge on any atom is 0.342 e. The van der Waals surface area contributed by atoms with Crippen LogP contribution in [-0.2, 0) is 0 Å². The highest BCUT2D eigenvalue weighted by molar-refractivity contribution is 7.99. The fraction of sp³-hybridized carbons (Fsp3) is 0.417. The Kier molecular flexibility index (Phi) is 4.12. The largest absolute Gasteiger partial charge is 0.477 e. The Bertz CT molecular complexity index is 561. The van der Waals surface area contributed by atoms with Crippen molar-refractivity contribution in [2.45, 2.75) is 12.5 Å². The molecule has 0 amide bonds. The molecule has 1 aliphatic heterocycles. The second-order valence-electron chi connectivity index (χ2n) is 4.51. The molecule has 0 radical (unpaired) electrons. The molecule has 1 aromatic rings. The molecule has 0 spiro atoms. The van der Waals surface area contributed by atoms with Gasteiger partial charge < -0.3 is 10.0 Å². The van der Waals surface area contributed by atoms with Gasteiger partial charge in [0.25, 0.3) is 5.69 Å². The lowest BCUT2D eigenvalue weighted by atomic mass is 10.1. The number of hydrogen-bond acceptors (Lipinski definition) is 5. The SMILES string of the molecule is CN(c1cc(C(=O)O)c([N+](=O)[O-])cc1F)C1CCSC1. The number of nitrogens with zero attached hydrogens (tertiary/aromatic N) is 2. The Morgan fingerprint density at radius 1 is 1.60 bits per heavy atom. The van der Waals surface area contributed by atoms with E-state index in [1.807, 2.05) is 0 Å². The van der Waals surface area contributed by atoms with Gasteiger partial charge in [0.2, 0.25) is 0 Å². The quantitative estimate of drug-likeness (QED) is 0.679. The van der Waals surface area contributed by atoms with Gasteiger partial charge in [-0.3, -0.25) is 10.1 Å². The van der Waals surface area contributed by atoms with Crippen molar-refractivity contribution >= 4 is 29.1 Å². The third-order valence-electron chi connectivity index (χ3n) is 3.33. The lowest BCUT2D eigenvalue weighted by Gasteiger charge is -2.26. The number of anilines is 1. The molecule has 1 fully saturated rings. The van der Waals surface area contributed by atoms with E-state index in [2.05, 4.69) is 0 Å². The first-order valence-corrected chi connectivity index (χ1v) is 7.09. The number of carboxylic acids is 1. The normalized spacial score (nSPS) is 18.0. The topological polar surface area (TPSA) is 83.7 Å². The van der Waals surface area contributed by atoms with Gasteiger partial charge in [0, 0.05) is 18.8 Å².